The van der Waals surface area contributed by atoms with Crippen LogP contribution in [0.15, 0.2) is 54.1 Å². The highest BCUT2D eigenvalue weighted by Gasteiger charge is 2.20. The molecule has 0 atom stereocenters. The lowest BCUT2D eigenvalue weighted by molar-refractivity contribution is -0.114. The van der Waals surface area contributed by atoms with E-state index in [0.717, 1.165) is 22.4 Å². The van der Waals surface area contributed by atoms with E-state index in [9.17, 15) is 4.79 Å². The number of carbonyl (C=O) groups is 1. The molecule has 108 valence electrons. The predicted octanol–water partition coefficient (Wildman–Crippen LogP) is 3.69. The predicted molar refractivity (Wildman–Crippen MR) is 84.1 cm³/mol. The molecule has 0 N–H and O–H groups in total. The first-order valence-electron chi connectivity index (χ1n) is 7.17. The Morgan fingerprint density at radius 1 is 1.14 bits per heavy atom. The first kappa shape index (κ1) is 14.1. The van der Waals surface area contributed by atoms with E-state index in [0.29, 0.717) is 18.6 Å². The molecule has 1 aliphatic carbocycles. The van der Waals surface area contributed by atoms with E-state index in [-0.39, 0.29) is 12.2 Å². The lowest BCUT2D eigenvalue weighted by Crippen LogP contribution is -2.00. The van der Waals surface area contributed by atoms with Crippen molar-refractivity contribution in [3.63, 3.8) is 0 Å². The highest BCUT2D eigenvalue weighted by atomic mass is 16.5. The molecule has 0 aromatic heterocycles. The Hall–Kier alpha value is -2.86. The molecule has 0 spiro atoms. The van der Waals surface area contributed by atoms with Crippen molar-refractivity contribution in [3.05, 3.63) is 70.8 Å². The van der Waals surface area contributed by atoms with Crippen molar-refractivity contribution < 1.29 is 9.53 Å². The van der Waals surface area contributed by atoms with Crippen molar-refractivity contribution in [2.24, 2.45) is 0 Å². The SMILES string of the molecule is N#CCC(=O)C1=Cc2c(cccc2OCc2ccccc2)C1. The number of Topliss-reactive ketones (excluding diaryl/α,β-unsaturated/α-hetero) is 1. The number of allylic oxidation sites excluding steroid dienone is 1. The van der Waals surface area contributed by atoms with Crippen LogP contribution >= 0.6 is 0 Å². The standard InChI is InChI=1S/C19H15NO2/c20-10-9-18(21)16-11-15-7-4-8-19(17(15)12-16)22-13-14-5-2-1-3-6-14/h1-8,12H,9,11,13H2. The van der Waals surface area contributed by atoms with Gasteiger partial charge in [0, 0.05) is 17.6 Å². The Balaban J connectivity index is 1.79. The van der Waals surface area contributed by atoms with Crippen molar-refractivity contribution in [1.82, 2.24) is 0 Å². The smallest absolute Gasteiger partial charge is 0.173 e. The molecule has 0 amide bonds. The van der Waals surface area contributed by atoms with Crippen LogP contribution in [0.3, 0.4) is 0 Å². The molecule has 2 aromatic rings. The maximum atomic E-state index is 11.9. The molecule has 0 unspecified atom stereocenters. The first-order chi connectivity index (χ1) is 10.8. The van der Waals surface area contributed by atoms with Crippen LogP contribution in [0.25, 0.3) is 6.08 Å². The number of benzene rings is 2. The second-order valence-electron chi connectivity index (χ2n) is 5.21. The summed E-state index contributed by atoms with van der Waals surface area (Å²) in [5, 5.41) is 8.66. The fourth-order valence-corrected chi connectivity index (χ4v) is 2.56. The second-order valence-corrected chi connectivity index (χ2v) is 5.21. The molecule has 0 saturated heterocycles. The fraction of sp³-hybridized carbons (Fsp3) is 0.158. The van der Waals surface area contributed by atoms with E-state index < -0.39 is 0 Å². The number of ketones is 1. The van der Waals surface area contributed by atoms with Crippen molar-refractivity contribution in [2.45, 2.75) is 19.4 Å². The van der Waals surface area contributed by atoms with E-state index in [1.807, 2.05) is 60.7 Å². The van der Waals surface area contributed by atoms with Gasteiger partial charge in [0.05, 0.1) is 12.5 Å². The lowest BCUT2D eigenvalue weighted by Gasteiger charge is -2.10. The molecule has 3 rings (SSSR count). The van der Waals surface area contributed by atoms with Gasteiger partial charge >= 0.3 is 0 Å². The molecule has 0 heterocycles. The summed E-state index contributed by atoms with van der Waals surface area (Å²) in [5.41, 5.74) is 3.82. The number of carbonyl (C=O) groups excluding carboxylic acids is 1. The Morgan fingerprint density at radius 3 is 2.73 bits per heavy atom. The average molecular weight is 289 g/mol. The molecule has 0 aliphatic heterocycles. The first-order valence-corrected chi connectivity index (χ1v) is 7.17. The number of nitrogens with zero attached hydrogens (tertiary/aromatic N) is 1. The van der Waals surface area contributed by atoms with E-state index >= 15 is 0 Å². The fourth-order valence-electron chi connectivity index (χ4n) is 2.56. The number of nitriles is 1. The van der Waals surface area contributed by atoms with E-state index in [4.69, 9.17) is 10.00 Å². The summed E-state index contributed by atoms with van der Waals surface area (Å²) in [5.74, 6) is 0.675. The van der Waals surface area contributed by atoms with E-state index in [1.165, 1.54) is 0 Å². The maximum absolute atomic E-state index is 11.9. The van der Waals surface area contributed by atoms with E-state index in [1.54, 1.807) is 0 Å². The van der Waals surface area contributed by atoms with Gasteiger partial charge in [-0.25, -0.2) is 0 Å². The second kappa shape index (κ2) is 6.28. The minimum atomic E-state index is -0.104. The zero-order chi connectivity index (χ0) is 15.4. The monoisotopic (exact) mass is 289 g/mol. The number of rotatable bonds is 5. The average Bonchev–Trinajstić information content (AvgIpc) is 2.99. The van der Waals surface area contributed by atoms with Crippen LogP contribution in [0.1, 0.15) is 23.1 Å². The van der Waals surface area contributed by atoms with Gasteiger partial charge in [0.2, 0.25) is 0 Å². The van der Waals surface area contributed by atoms with Gasteiger partial charge in [-0.3, -0.25) is 4.79 Å². The number of hydrogen-bond donors (Lipinski definition) is 0. The lowest BCUT2D eigenvalue weighted by atomic mass is 10.1. The van der Waals surface area contributed by atoms with Crippen LogP contribution < -0.4 is 4.74 Å². The number of fused-ring (bicyclic) bond motifs is 1. The number of ether oxygens (including phenoxy) is 1. The third-order valence-corrected chi connectivity index (χ3v) is 3.69. The molecule has 3 nitrogen and oxygen atoms in total. The van der Waals surface area contributed by atoms with Crippen molar-refractivity contribution in [1.29, 1.82) is 5.26 Å². The van der Waals surface area contributed by atoms with Gasteiger partial charge in [-0.1, -0.05) is 42.5 Å². The summed E-state index contributed by atoms with van der Waals surface area (Å²) in [6.45, 7) is 0.493. The van der Waals surface area contributed by atoms with Gasteiger partial charge in [0.1, 0.15) is 12.4 Å². The highest BCUT2D eigenvalue weighted by Crippen LogP contribution is 2.33. The molecule has 22 heavy (non-hydrogen) atoms. The Kier molecular flexibility index (Phi) is 4.02. The summed E-state index contributed by atoms with van der Waals surface area (Å²) in [6.07, 6.45) is 2.37. The van der Waals surface area contributed by atoms with Gasteiger partial charge < -0.3 is 4.74 Å². The van der Waals surface area contributed by atoms with Crippen LogP contribution in [-0.4, -0.2) is 5.78 Å². The minimum Gasteiger partial charge on any atom is -0.488 e. The van der Waals surface area contributed by atoms with E-state index in [2.05, 4.69) is 0 Å². The normalized spacial score (nSPS) is 12.2. The quantitative estimate of drug-likeness (QED) is 0.843. The molecule has 0 saturated carbocycles. The van der Waals surface area contributed by atoms with Crippen molar-refractivity contribution in [2.75, 3.05) is 0 Å². The number of hydrogen-bond acceptors (Lipinski definition) is 3. The topological polar surface area (TPSA) is 50.1 Å². The summed E-state index contributed by atoms with van der Waals surface area (Å²) in [4.78, 5) is 11.9. The molecule has 0 fully saturated rings. The van der Waals surface area contributed by atoms with Crippen molar-refractivity contribution >= 4 is 11.9 Å². The molecule has 2 aromatic carbocycles. The van der Waals surface area contributed by atoms with Crippen molar-refractivity contribution in [3.8, 4) is 11.8 Å². The van der Waals surface area contributed by atoms with Crippen LogP contribution in [-0.2, 0) is 17.8 Å². The highest BCUT2D eigenvalue weighted by molar-refractivity contribution is 6.03. The van der Waals surface area contributed by atoms with Gasteiger partial charge in [-0.15, -0.1) is 0 Å². The Morgan fingerprint density at radius 2 is 1.95 bits per heavy atom. The van der Waals surface area contributed by atoms with Crippen LogP contribution in [0.2, 0.25) is 0 Å². The third-order valence-electron chi connectivity index (χ3n) is 3.69. The molecule has 1 aliphatic rings. The summed E-state index contributed by atoms with van der Waals surface area (Å²) in [6, 6.07) is 17.7. The van der Waals surface area contributed by atoms with Crippen LogP contribution in [0.5, 0.6) is 5.75 Å². The Labute approximate surface area is 129 Å². The maximum Gasteiger partial charge on any atom is 0.173 e. The van der Waals surface area contributed by atoms with Crippen LogP contribution in [0, 0.1) is 11.3 Å². The van der Waals surface area contributed by atoms with Crippen LogP contribution in [0.4, 0.5) is 0 Å². The van der Waals surface area contributed by atoms with Gasteiger partial charge in [0.15, 0.2) is 5.78 Å². The third kappa shape index (κ3) is 2.91. The molecule has 0 radical (unpaired) electrons. The zero-order valence-electron chi connectivity index (χ0n) is 12.1. The van der Waals surface area contributed by atoms with Gasteiger partial charge in [-0.2, -0.15) is 5.26 Å². The Bertz CT molecular complexity index is 770. The largest absolute Gasteiger partial charge is 0.488 e. The summed E-state index contributed by atoms with van der Waals surface area (Å²) >= 11 is 0. The molecule has 0 bridgehead atoms. The van der Waals surface area contributed by atoms with Gasteiger partial charge in [0.25, 0.3) is 0 Å². The molecular formula is C19H15NO2. The zero-order valence-corrected chi connectivity index (χ0v) is 12.1. The summed E-state index contributed by atoms with van der Waals surface area (Å²) < 4.78 is 5.90. The minimum absolute atomic E-state index is 0.0694. The molecular weight excluding hydrogens is 274 g/mol. The summed E-state index contributed by atoms with van der Waals surface area (Å²) in [7, 11) is 0. The molecule has 3 heteroatoms. The van der Waals surface area contributed by atoms with Gasteiger partial charge in [-0.05, 0) is 23.3 Å².